The maximum atomic E-state index is 11.7. The Morgan fingerprint density at radius 1 is 1.33 bits per heavy atom. The van der Waals surface area contributed by atoms with Crippen LogP contribution >= 0.6 is 0 Å². The van der Waals surface area contributed by atoms with E-state index < -0.39 is 0 Å². The fraction of sp³-hybridized carbons (Fsp3) is 0.929. The molecule has 0 aromatic rings. The van der Waals surface area contributed by atoms with Gasteiger partial charge in [0.15, 0.2) is 0 Å². The minimum Gasteiger partial charge on any atom is -0.396 e. The number of carbonyl (C=O) groups excluding carboxylic acids is 1. The first-order valence-electron chi connectivity index (χ1n) is 7.23. The molecule has 1 amide bonds. The molecule has 1 fully saturated rings. The molecule has 0 aliphatic heterocycles. The highest BCUT2D eigenvalue weighted by molar-refractivity contribution is 5.78. The highest BCUT2D eigenvalue weighted by atomic mass is 16.3. The molecule has 3 N–H and O–H groups in total. The lowest BCUT2D eigenvalue weighted by atomic mass is 9.74. The first-order chi connectivity index (χ1) is 8.62. The predicted molar refractivity (Wildman–Crippen MR) is 73.4 cm³/mol. The third-order valence-corrected chi connectivity index (χ3v) is 4.13. The standard InChI is InChI=1S/C14H28N2O2/c1-3-12(2)15-9-13(18)16-10-14(11-17)7-5-4-6-8-14/h12,15,17H,3-11H2,1-2H3,(H,16,18). The second-order valence-corrected chi connectivity index (χ2v) is 5.69. The lowest BCUT2D eigenvalue weighted by molar-refractivity contribution is -0.121. The minimum absolute atomic E-state index is 0.0358. The van der Waals surface area contributed by atoms with Gasteiger partial charge in [0, 0.05) is 18.0 Å². The van der Waals surface area contributed by atoms with Crippen LogP contribution < -0.4 is 10.6 Å². The molecule has 0 radical (unpaired) electrons. The van der Waals surface area contributed by atoms with Crippen LogP contribution in [0.2, 0.25) is 0 Å². The van der Waals surface area contributed by atoms with Crippen LogP contribution in [-0.2, 0) is 4.79 Å². The topological polar surface area (TPSA) is 61.4 Å². The summed E-state index contributed by atoms with van der Waals surface area (Å²) in [5, 5.41) is 15.7. The number of hydrogen-bond donors (Lipinski definition) is 3. The van der Waals surface area contributed by atoms with Gasteiger partial charge in [-0.15, -0.1) is 0 Å². The summed E-state index contributed by atoms with van der Waals surface area (Å²) in [4.78, 5) is 11.7. The zero-order valence-corrected chi connectivity index (χ0v) is 11.8. The van der Waals surface area contributed by atoms with E-state index in [0.29, 0.717) is 19.1 Å². The maximum absolute atomic E-state index is 11.7. The predicted octanol–water partition coefficient (Wildman–Crippen LogP) is 1.43. The van der Waals surface area contributed by atoms with Gasteiger partial charge in [-0.25, -0.2) is 0 Å². The maximum Gasteiger partial charge on any atom is 0.233 e. The van der Waals surface area contributed by atoms with Crippen LogP contribution in [0.25, 0.3) is 0 Å². The molecule has 0 spiro atoms. The van der Waals surface area contributed by atoms with Gasteiger partial charge in [-0.3, -0.25) is 4.79 Å². The molecule has 0 aromatic heterocycles. The summed E-state index contributed by atoms with van der Waals surface area (Å²) in [6.07, 6.45) is 6.67. The molecule has 1 rings (SSSR count). The molecule has 0 bridgehead atoms. The summed E-state index contributed by atoms with van der Waals surface area (Å²) in [5.74, 6) is 0.0358. The van der Waals surface area contributed by atoms with Crippen LogP contribution in [0.5, 0.6) is 0 Å². The van der Waals surface area contributed by atoms with Gasteiger partial charge in [-0.1, -0.05) is 26.2 Å². The minimum atomic E-state index is -0.0652. The van der Waals surface area contributed by atoms with E-state index >= 15 is 0 Å². The van der Waals surface area contributed by atoms with E-state index in [4.69, 9.17) is 0 Å². The van der Waals surface area contributed by atoms with Crippen LogP contribution in [-0.4, -0.2) is 36.8 Å². The van der Waals surface area contributed by atoms with Crippen molar-refractivity contribution >= 4 is 5.91 Å². The summed E-state index contributed by atoms with van der Waals surface area (Å²) >= 11 is 0. The number of aliphatic hydroxyl groups excluding tert-OH is 1. The molecule has 18 heavy (non-hydrogen) atoms. The first kappa shape index (κ1) is 15.4. The Balaban J connectivity index is 2.27. The fourth-order valence-corrected chi connectivity index (χ4v) is 2.45. The highest BCUT2D eigenvalue weighted by Gasteiger charge is 2.31. The van der Waals surface area contributed by atoms with E-state index in [2.05, 4.69) is 24.5 Å². The van der Waals surface area contributed by atoms with Crippen LogP contribution in [0.1, 0.15) is 52.4 Å². The van der Waals surface area contributed by atoms with Crippen molar-refractivity contribution in [2.24, 2.45) is 5.41 Å². The molecule has 0 heterocycles. The Labute approximate surface area is 111 Å². The summed E-state index contributed by atoms with van der Waals surface area (Å²) in [6, 6.07) is 0.372. The second-order valence-electron chi connectivity index (χ2n) is 5.69. The molecular weight excluding hydrogens is 228 g/mol. The van der Waals surface area contributed by atoms with Crippen molar-refractivity contribution in [3.05, 3.63) is 0 Å². The fourth-order valence-electron chi connectivity index (χ4n) is 2.45. The third-order valence-electron chi connectivity index (χ3n) is 4.13. The Morgan fingerprint density at radius 3 is 2.56 bits per heavy atom. The monoisotopic (exact) mass is 256 g/mol. The second kappa shape index (κ2) is 7.74. The average molecular weight is 256 g/mol. The van der Waals surface area contributed by atoms with Crippen molar-refractivity contribution < 1.29 is 9.90 Å². The SMILES string of the molecule is CCC(C)NCC(=O)NCC1(CO)CCCCC1. The summed E-state index contributed by atoms with van der Waals surface area (Å²) in [5.41, 5.74) is -0.0652. The van der Waals surface area contributed by atoms with Gasteiger partial charge >= 0.3 is 0 Å². The quantitative estimate of drug-likeness (QED) is 0.646. The van der Waals surface area contributed by atoms with Gasteiger partial charge in [0.25, 0.3) is 0 Å². The number of aliphatic hydroxyl groups is 1. The Bertz CT molecular complexity index is 250. The molecule has 0 aromatic carbocycles. The van der Waals surface area contributed by atoms with Gasteiger partial charge in [0.1, 0.15) is 0 Å². The normalized spacial score (nSPS) is 20.4. The molecule has 4 heteroatoms. The van der Waals surface area contributed by atoms with E-state index in [9.17, 15) is 9.90 Å². The van der Waals surface area contributed by atoms with Gasteiger partial charge in [0.05, 0.1) is 13.2 Å². The summed E-state index contributed by atoms with van der Waals surface area (Å²) in [6.45, 7) is 5.34. The molecular formula is C14H28N2O2. The third kappa shape index (κ3) is 4.94. The molecule has 1 aliphatic carbocycles. The van der Waals surface area contributed by atoms with Crippen LogP contribution in [0.3, 0.4) is 0 Å². The Morgan fingerprint density at radius 2 is 2.00 bits per heavy atom. The van der Waals surface area contributed by atoms with Gasteiger partial charge in [-0.2, -0.15) is 0 Å². The molecule has 1 aliphatic rings. The number of carbonyl (C=O) groups is 1. The molecule has 1 saturated carbocycles. The number of hydrogen-bond acceptors (Lipinski definition) is 3. The molecule has 4 nitrogen and oxygen atoms in total. The van der Waals surface area contributed by atoms with E-state index in [1.54, 1.807) is 0 Å². The Hall–Kier alpha value is -0.610. The molecule has 1 atom stereocenters. The first-order valence-corrected chi connectivity index (χ1v) is 7.23. The summed E-state index contributed by atoms with van der Waals surface area (Å²) in [7, 11) is 0. The summed E-state index contributed by atoms with van der Waals surface area (Å²) < 4.78 is 0. The van der Waals surface area contributed by atoms with E-state index in [0.717, 1.165) is 19.3 Å². The zero-order chi connectivity index (χ0) is 13.4. The molecule has 1 unspecified atom stereocenters. The highest BCUT2D eigenvalue weighted by Crippen LogP contribution is 2.35. The zero-order valence-electron chi connectivity index (χ0n) is 11.8. The van der Waals surface area contributed by atoms with Crippen molar-refractivity contribution in [1.82, 2.24) is 10.6 Å². The number of rotatable bonds is 7. The lowest BCUT2D eigenvalue weighted by Gasteiger charge is -2.35. The van der Waals surface area contributed by atoms with Crippen molar-refractivity contribution in [3.63, 3.8) is 0 Å². The van der Waals surface area contributed by atoms with Gasteiger partial charge in [-0.05, 0) is 26.2 Å². The average Bonchev–Trinajstić information content (AvgIpc) is 2.43. The smallest absolute Gasteiger partial charge is 0.233 e. The van der Waals surface area contributed by atoms with Crippen LogP contribution in [0.15, 0.2) is 0 Å². The Kier molecular flexibility index (Phi) is 6.65. The van der Waals surface area contributed by atoms with Crippen molar-refractivity contribution in [2.45, 2.75) is 58.4 Å². The van der Waals surface area contributed by atoms with Crippen molar-refractivity contribution in [2.75, 3.05) is 19.7 Å². The van der Waals surface area contributed by atoms with Crippen LogP contribution in [0.4, 0.5) is 0 Å². The van der Waals surface area contributed by atoms with Crippen molar-refractivity contribution in [1.29, 1.82) is 0 Å². The van der Waals surface area contributed by atoms with E-state index in [1.165, 1.54) is 19.3 Å². The van der Waals surface area contributed by atoms with E-state index in [1.807, 2.05) is 0 Å². The molecule has 0 saturated heterocycles. The van der Waals surface area contributed by atoms with Crippen molar-refractivity contribution in [3.8, 4) is 0 Å². The van der Waals surface area contributed by atoms with Crippen LogP contribution in [0, 0.1) is 5.41 Å². The van der Waals surface area contributed by atoms with Gasteiger partial charge < -0.3 is 15.7 Å². The van der Waals surface area contributed by atoms with Gasteiger partial charge in [0.2, 0.25) is 5.91 Å². The number of amides is 1. The lowest BCUT2D eigenvalue weighted by Crippen LogP contribution is -2.45. The molecule has 106 valence electrons. The largest absolute Gasteiger partial charge is 0.396 e. The number of nitrogens with one attached hydrogen (secondary N) is 2. The van der Waals surface area contributed by atoms with E-state index in [-0.39, 0.29) is 17.9 Å².